The molecule has 2 aromatic rings. The molecular weight excluding hydrogens is 448 g/mol. The molecule has 2 nitrogen and oxygen atoms in total. The van der Waals surface area contributed by atoms with Crippen molar-refractivity contribution in [2.24, 2.45) is 0 Å². The summed E-state index contributed by atoms with van der Waals surface area (Å²) in [4.78, 5) is 2.10. The zero-order valence-corrected chi connectivity index (χ0v) is 16.0. The van der Waals surface area contributed by atoms with Crippen molar-refractivity contribution in [3.05, 3.63) is 55.4 Å². The van der Waals surface area contributed by atoms with Crippen LogP contribution >= 0.6 is 47.8 Å². The highest BCUT2D eigenvalue weighted by molar-refractivity contribution is 9.11. The second-order valence-electron chi connectivity index (χ2n) is 4.66. The van der Waals surface area contributed by atoms with Crippen LogP contribution in [0.3, 0.4) is 0 Å². The Morgan fingerprint density at radius 2 is 1.50 bits per heavy atom. The van der Waals surface area contributed by atoms with E-state index < -0.39 is 0 Å². The van der Waals surface area contributed by atoms with E-state index in [0.29, 0.717) is 0 Å². The summed E-state index contributed by atoms with van der Waals surface area (Å²) >= 11 is 10.6. The molecule has 0 aliphatic heterocycles. The molecule has 0 bridgehead atoms. The molecule has 1 N–H and O–H groups in total. The van der Waals surface area contributed by atoms with E-state index >= 15 is 0 Å². The molecule has 5 heteroatoms. The second kappa shape index (κ2) is 6.96. The minimum absolute atomic E-state index is 0.784. The maximum atomic E-state index is 3.57. The Labute approximate surface area is 144 Å². The third-order valence-electron chi connectivity index (χ3n) is 2.93. The molecule has 106 valence electrons. The van der Waals surface area contributed by atoms with Crippen molar-refractivity contribution >= 4 is 59.2 Å². The summed E-state index contributed by atoms with van der Waals surface area (Å²) in [6, 6.07) is 12.6. The maximum absolute atomic E-state index is 3.57. The Morgan fingerprint density at radius 3 is 2.00 bits per heavy atom. The van der Waals surface area contributed by atoms with Crippen molar-refractivity contribution in [1.82, 2.24) is 0 Å². The van der Waals surface area contributed by atoms with Gasteiger partial charge in [0.25, 0.3) is 0 Å². The van der Waals surface area contributed by atoms with E-state index in [1.807, 2.05) is 26.2 Å². The summed E-state index contributed by atoms with van der Waals surface area (Å²) in [5.41, 5.74) is 3.52. The maximum Gasteiger partial charge on any atom is 0.0632 e. The third-order valence-corrected chi connectivity index (χ3v) is 4.64. The van der Waals surface area contributed by atoms with Crippen LogP contribution in [-0.2, 0) is 6.54 Å². The van der Waals surface area contributed by atoms with Gasteiger partial charge in [-0.1, -0.05) is 28.1 Å². The monoisotopic (exact) mass is 460 g/mol. The van der Waals surface area contributed by atoms with Gasteiger partial charge in [-0.3, -0.25) is 0 Å². The average molecular weight is 463 g/mol. The molecule has 0 saturated carbocycles. The van der Waals surface area contributed by atoms with Gasteiger partial charge in [-0.2, -0.15) is 0 Å². The van der Waals surface area contributed by atoms with Gasteiger partial charge in [-0.05, 0) is 61.7 Å². The summed E-state index contributed by atoms with van der Waals surface area (Å²) in [5.74, 6) is 0. The van der Waals surface area contributed by atoms with E-state index in [4.69, 9.17) is 0 Å². The topological polar surface area (TPSA) is 15.3 Å². The van der Waals surface area contributed by atoms with Crippen LogP contribution < -0.4 is 10.2 Å². The van der Waals surface area contributed by atoms with E-state index in [-0.39, 0.29) is 0 Å². The first-order valence-electron chi connectivity index (χ1n) is 6.12. The molecule has 2 aromatic carbocycles. The summed E-state index contributed by atoms with van der Waals surface area (Å²) in [6.07, 6.45) is 0. The van der Waals surface area contributed by atoms with Gasteiger partial charge in [0.2, 0.25) is 0 Å². The number of benzene rings is 2. The highest BCUT2D eigenvalue weighted by Crippen LogP contribution is 2.34. The molecule has 0 aromatic heterocycles. The van der Waals surface area contributed by atoms with Crippen LogP contribution in [0.25, 0.3) is 0 Å². The molecule has 0 fully saturated rings. The second-order valence-corrected chi connectivity index (χ2v) is 7.28. The van der Waals surface area contributed by atoms with Crippen molar-refractivity contribution in [3.8, 4) is 0 Å². The Balaban J connectivity index is 2.09. The van der Waals surface area contributed by atoms with Crippen molar-refractivity contribution < 1.29 is 0 Å². The van der Waals surface area contributed by atoms with Crippen LogP contribution in [0.15, 0.2) is 49.8 Å². The number of nitrogens with one attached hydrogen (secondary N) is 1. The quantitative estimate of drug-likeness (QED) is 0.631. The smallest absolute Gasteiger partial charge is 0.0632 e. The lowest BCUT2D eigenvalue weighted by atomic mass is 10.2. The molecule has 0 spiro atoms. The van der Waals surface area contributed by atoms with Gasteiger partial charge < -0.3 is 10.2 Å². The van der Waals surface area contributed by atoms with E-state index in [2.05, 4.69) is 82.3 Å². The van der Waals surface area contributed by atoms with Gasteiger partial charge in [-0.25, -0.2) is 0 Å². The lowest BCUT2D eigenvalue weighted by Gasteiger charge is -2.14. The summed E-state index contributed by atoms with van der Waals surface area (Å²) in [6.45, 7) is 0.784. The lowest BCUT2D eigenvalue weighted by molar-refractivity contribution is 1.11. The number of halogens is 3. The minimum Gasteiger partial charge on any atom is -0.379 e. The van der Waals surface area contributed by atoms with Crippen LogP contribution in [0.1, 0.15) is 5.56 Å². The van der Waals surface area contributed by atoms with Crippen molar-refractivity contribution in [3.63, 3.8) is 0 Å². The van der Waals surface area contributed by atoms with Gasteiger partial charge in [0, 0.05) is 39.7 Å². The fraction of sp³-hybridized carbons (Fsp3) is 0.200. The molecule has 0 amide bonds. The first-order chi connectivity index (χ1) is 9.47. The molecule has 0 aliphatic rings. The standard InChI is InChI=1S/C15H15Br3N2/c1-20(2)12-5-3-10(4-6-12)9-19-15-13(17)7-11(16)8-14(15)18/h3-8,19H,9H2,1-2H3. The number of hydrogen-bond donors (Lipinski definition) is 1. The van der Waals surface area contributed by atoms with E-state index in [9.17, 15) is 0 Å². The number of anilines is 2. The molecule has 2 rings (SSSR count). The van der Waals surface area contributed by atoms with Gasteiger partial charge in [0.05, 0.1) is 5.69 Å². The van der Waals surface area contributed by atoms with E-state index in [1.54, 1.807) is 0 Å². The Kier molecular flexibility index (Phi) is 5.52. The zero-order valence-electron chi connectivity index (χ0n) is 11.3. The fourth-order valence-electron chi connectivity index (χ4n) is 1.81. The number of hydrogen-bond acceptors (Lipinski definition) is 2. The Bertz CT molecular complexity index is 572. The first kappa shape index (κ1) is 15.9. The van der Waals surface area contributed by atoms with E-state index in [1.165, 1.54) is 11.3 Å². The first-order valence-corrected chi connectivity index (χ1v) is 8.50. The molecule has 0 atom stereocenters. The third kappa shape index (κ3) is 3.99. The van der Waals surface area contributed by atoms with Gasteiger partial charge in [-0.15, -0.1) is 0 Å². The highest BCUT2D eigenvalue weighted by Gasteiger charge is 2.06. The normalized spacial score (nSPS) is 10.4. The van der Waals surface area contributed by atoms with E-state index in [0.717, 1.165) is 25.7 Å². The van der Waals surface area contributed by atoms with Crippen molar-refractivity contribution in [2.75, 3.05) is 24.3 Å². The molecular formula is C15H15Br3N2. The molecule has 0 radical (unpaired) electrons. The van der Waals surface area contributed by atoms with Crippen LogP contribution in [0.2, 0.25) is 0 Å². The largest absolute Gasteiger partial charge is 0.379 e. The Hall–Kier alpha value is -0.520. The SMILES string of the molecule is CN(C)c1ccc(CNc2c(Br)cc(Br)cc2Br)cc1. The molecule has 0 aliphatic carbocycles. The minimum atomic E-state index is 0.784. The summed E-state index contributed by atoms with van der Waals surface area (Å²) in [5, 5.41) is 3.45. The van der Waals surface area contributed by atoms with Gasteiger partial charge in [0.1, 0.15) is 0 Å². The van der Waals surface area contributed by atoms with Crippen molar-refractivity contribution in [1.29, 1.82) is 0 Å². The van der Waals surface area contributed by atoms with Gasteiger partial charge >= 0.3 is 0 Å². The number of rotatable bonds is 4. The fourth-order valence-corrected chi connectivity index (χ4v) is 4.35. The van der Waals surface area contributed by atoms with Gasteiger partial charge in [0.15, 0.2) is 0 Å². The van der Waals surface area contributed by atoms with Crippen LogP contribution in [0.4, 0.5) is 11.4 Å². The highest BCUT2D eigenvalue weighted by atomic mass is 79.9. The molecule has 20 heavy (non-hydrogen) atoms. The van der Waals surface area contributed by atoms with Crippen LogP contribution in [-0.4, -0.2) is 14.1 Å². The predicted molar refractivity (Wildman–Crippen MR) is 97.6 cm³/mol. The zero-order chi connectivity index (χ0) is 14.7. The number of nitrogens with zero attached hydrogens (tertiary/aromatic N) is 1. The van der Waals surface area contributed by atoms with Crippen molar-refractivity contribution in [2.45, 2.75) is 6.54 Å². The summed E-state index contributed by atoms with van der Waals surface area (Å²) in [7, 11) is 4.09. The average Bonchev–Trinajstić information content (AvgIpc) is 2.38. The molecule has 0 saturated heterocycles. The Morgan fingerprint density at radius 1 is 0.950 bits per heavy atom. The summed E-state index contributed by atoms with van der Waals surface area (Å²) < 4.78 is 3.10. The molecule has 0 heterocycles. The molecule has 0 unspecified atom stereocenters. The van der Waals surface area contributed by atoms with Crippen LogP contribution in [0, 0.1) is 0 Å². The predicted octanol–water partition coefficient (Wildman–Crippen LogP) is 5.65. The lowest BCUT2D eigenvalue weighted by Crippen LogP contribution is -2.08. The van der Waals surface area contributed by atoms with Crippen LogP contribution in [0.5, 0.6) is 0 Å².